The number of nitrogens with one attached hydrogen (secondary N) is 1. The summed E-state index contributed by atoms with van der Waals surface area (Å²) in [6.45, 7) is 9.60. The first-order valence-electron chi connectivity index (χ1n) is 6.76. The van der Waals surface area contributed by atoms with Crippen molar-refractivity contribution in [1.29, 1.82) is 0 Å². The van der Waals surface area contributed by atoms with Crippen LogP contribution in [-0.4, -0.2) is 12.1 Å². The molecule has 0 aromatic heterocycles. The molecule has 2 saturated carbocycles. The molecule has 1 heteroatoms. The lowest BCUT2D eigenvalue weighted by Gasteiger charge is -2.39. The summed E-state index contributed by atoms with van der Waals surface area (Å²) in [4.78, 5) is 0. The molecule has 2 fully saturated rings. The van der Waals surface area contributed by atoms with Crippen molar-refractivity contribution in [2.75, 3.05) is 0 Å². The van der Waals surface area contributed by atoms with E-state index in [-0.39, 0.29) is 0 Å². The van der Waals surface area contributed by atoms with Gasteiger partial charge in [0.15, 0.2) is 0 Å². The summed E-state index contributed by atoms with van der Waals surface area (Å²) in [5.41, 5.74) is 0.561. The van der Waals surface area contributed by atoms with Crippen LogP contribution in [0.25, 0.3) is 0 Å². The Morgan fingerprint density at radius 2 is 1.93 bits per heavy atom. The molecule has 0 aromatic rings. The summed E-state index contributed by atoms with van der Waals surface area (Å²) in [6.07, 6.45) is 6.98. The highest BCUT2D eigenvalue weighted by Crippen LogP contribution is 2.41. The molecule has 1 N–H and O–H groups in total. The van der Waals surface area contributed by atoms with E-state index in [1.165, 1.54) is 32.1 Å². The van der Waals surface area contributed by atoms with Crippen LogP contribution < -0.4 is 5.32 Å². The Balaban J connectivity index is 1.82. The number of hydrogen-bond acceptors (Lipinski definition) is 1. The molecule has 0 radical (unpaired) electrons. The Morgan fingerprint density at radius 3 is 2.47 bits per heavy atom. The van der Waals surface area contributed by atoms with Crippen LogP contribution in [0, 0.1) is 17.3 Å². The van der Waals surface area contributed by atoms with Crippen LogP contribution in [0.1, 0.15) is 59.8 Å². The highest BCUT2D eigenvalue weighted by molar-refractivity contribution is 4.96. The summed E-state index contributed by atoms with van der Waals surface area (Å²) in [5.74, 6) is 1.90. The van der Waals surface area contributed by atoms with Crippen LogP contribution in [-0.2, 0) is 0 Å². The molecule has 0 bridgehead atoms. The highest BCUT2D eigenvalue weighted by atomic mass is 15.0. The predicted molar refractivity (Wildman–Crippen MR) is 65.9 cm³/mol. The fraction of sp³-hybridized carbons (Fsp3) is 1.00. The van der Waals surface area contributed by atoms with Gasteiger partial charge >= 0.3 is 0 Å². The largest absolute Gasteiger partial charge is 0.311 e. The number of rotatable bonds is 3. The van der Waals surface area contributed by atoms with Crippen molar-refractivity contribution in [2.24, 2.45) is 17.3 Å². The molecular formula is C14H27N. The SMILES string of the molecule is CCC1CC1NC1CC(C)CC(C)(C)C1. The Labute approximate surface area is 95.0 Å². The zero-order valence-corrected chi connectivity index (χ0v) is 10.8. The van der Waals surface area contributed by atoms with E-state index in [9.17, 15) is 0 Å². The van der Waals surface area contributed by atoms with E-state index in [2.05, 4.69) is 33.0 Å². The third-order valence-corrected chi connectivity index (χ3v) is 4.28. The van der Waals surface area contributed by atoms with E-state index >= 15 is 0 Å². The molecule has 2 aliphatic rings. The van der Waals surface area contributed by atoms with Gasteiger partial charge in [0.1, 0.15) is 0 Å². The lowest BCUT2D eigenvalue weighted by molar-refractivity contribution is 0.150. The molecular weight excluding hydrogens is 182 g/mol. The van der Waals surface area contributed by atoms with Crippen LogP contribution in [0.3, 0.4) is 0 Å². The van der Waals surface area contributed by atoms with Crippen molar-refractivity contribution < 1.29 is 0 Å². The fourth-order valence-electron chi connectivity index (χ4n) is 3.68. The molecule has 2 rings (SSSR count). The summed E-state index contributed by atoms with van der Waals surface area (Å²) >= 11 is 0. The first kappa shape index (κ1) is 11.4. The van der Waals surface area contributed by atoms with Gasteiger partial charge < -0.3 is 5.32 Å². The van der Waals surface area contributed by atoms with E-state index < -0.39 is 0 Å². The van der Waals surface area contributed by atoms with Gasteiger partial charge in [-0.15, -0.1) is 0 Å². The van der Waals surface area contributed by atoms with Gasteiger partial charge in [0, 0.05) is 12.1 Å². The third-order valence-electron chi connectivity index (χ3n) is 4.28. The fourth-order valence-corrected chi connectivity index (χ4v) is 3.68. The van der Waals surface area contributed by atoms with Gasteiger partial charge in [-0.25, -0.2) is 0 Å². The van der Waals surface area contributed by atoms with E-state index in [0.29, 0.717) is 5.41 Å². The molecule has 15 heavy (non-hydrogen) atoms. The van der Waals surface area contributed by atoms with Crippen molar-refractivity contribution in [3.05, 3.63) is 0 Å². The zero-order valence-electron chi connectivity index (χ0n) is 10.8. The van der Waals surface area contributed by atoms with Crippen LogP contribution in [0.15, 0.2) is 0 Å². The van der Waals surface area contributed by atoms with Gasteiger partial charge in [0.05, 0.1) is 0 Å². The Kier molecular flexibility index (Phi) is 3.12. The molecule has 0 saturated heterocycles. The monoisotopic (exact) mass is 209 g/mol. The molecule has 4 unspecified atom stereocenters. The van der Waals surface area contributed by atoms with Gasteiger partial charge in [-0.3, -0.25) is 0 Å². The van der Waals surface area contributed by atoms with Crippen molar-refractivity contribution >= 4 is 0 Å². The topological polar surface area (TPSA) is 12.0 Å². The van der Waals surface area contributed by atoms with Crippen molar-refractivity contribution in [3.63, 3.8) is 0 Å². The van der Waals surface area contributed by atoms with Crippen LogP contribution in [0.2, 0.25) is 0 Å². The third kappa shape index (κ3) is 2.96. The lowest BCUT2D eigenvalue weighted by Crippen LogP contribution is -2.41. The van der Waals surface area contributed by atoms with Gasteiger partial charge in [0.2, 0.25) is 0 Å². The summed E-state index contributed by atoms with van der Waals surface area (Å²) in [7, 11) is 0. The van der Waals surface area contributed by atoms with E-state index in [4.69, 9.17) is 0 Å². The standard InChI is InChI=1S/C14H27N/c1-5-11-7-13(11)15-12-6-10(2)8-14(3,4)9-12/h10-13,15H,5-9H2,1-4H3. The molecule has 0 heterocycles. The van der Waals surface area contributed by atoms with Gasteiger partial charge in [0.25, 0.3) is 0 Å². The second-order valence-electron chi connectivity index (χ2n) is 6.79. The molecule has 88 valence electrons. The quantitative estimate of drug-likeness (QED) is 0.749. The minimum atomic E-state index is 0.561. The molecule has 0 spiro atoms. The number of hydrogen-bond donors (Lipinski definition) is 1. The molecule has 0 aliphatic heterocycles. The highest BCUT2D eigenvalue weighted by Gasteiger charge is 2.39. The zero-order chi connectivity index (χ0) is 11.1. The molecule has 1 nitrogen and oxygen atoms in total. The lowest BCUT2D eigenvalue weighted by atomic mass is 9.70. The molecule has 2 aliphatic carbocycles. The van der Waals surface area contributed by atoms with E-state index in [1.807, 2.05) is 0 Å². The van der Waals surface area contributed by atoms with Crippen molar-refractivity contribution in [1.82, 2.24) is 5.32 Å². The molecule has 0 amide bonds. The smallest absolute Gasteiger partial charge is 0.0102 e. The summed E-state index contributed by atoms with van der Waals surface area (Å²) < 4.78 is 0. The van der Waals surface area contributed by atoms with Crippen molar-refractivity contribution in [2.45, 2.75) is 71.9 Å². The molecule has 4 atom stereocenters. The average molecular weight is 209 g/mol. The van der Waals surface area contributed by atoms with Gasteiger partial charge in [-0.1, -0.05) is 34.1 Å². The van der Waals surface area contributed by atoms with Gasteiger partial charge in [-0.2, -0.15) is 0 Å². The average Bonchev–Trinajstić information content (AvgIpc) is 2.79. The normalized spacial score (nSPS) is 44.0. The van der Waals surface area contributed by atoms with Crippen molar-refractivity contribution in [3.8, 4) is 0 Å². The van der Waals surface area contributed by atoms with Gasteiger partial charge in [-0.05, 0) is 42.9 Å². The van der Waals surface area contributed by atoms with Crippen LogP contribution >= 0.6 is 0 Å². The second-order valence-corrected chi connectivity index (χ2v) is 6.79. The maximum absolute atomic E-state index is 3.88. The first-order chi connectivity index (χ1) is 7.00. The maximum atomic E-state index is 3.88. The molecule has 0 aromatic carbocycles. The van der Waals surface area contributed by atoms with E-state index in [1.54, 1.807) is 0 Å². The van der Waals surface area contributed by atoms with E-state index in [0.717, 1.165) is 23.9 Å². The predicted octanol–water partition coefficient (Wildman–Crippen LogP) is 3.59. The first-order valence-corrected chi connectivity index (χ1v) is 6.76. The van der Waals surface area contributed by atoms with Crippen LogP contribution in [0.5, 0.6) is 0 Å². The summed E-state index contributed by atoms with van der Waals surface area (Å²) in [6, 6.07) is 1.66. The Hall–Kier alpha value is -0.0400. The minimum absolute atomic E-state index is 0.561. The Morgan fingerprint density at radius 1 is 1.20 bits per heavy atom. The van der Waals surface area contributed by atoms with Crippen LogP contribution in [0.4, 0.5) is 0 Å². The summed E-state index contributed by atoms with van der Waals surface area (Å²) in [5, 5.41) is 3.88. The minimum Gasteiger partial charge on any atom is -0.311 e. The Bertz CT molecular complexity index is 221. The maximum Gasteiger partial charge on any atom is 0.0102 e. The second kappa shape index (κ2) is 4.08.